The normalized spacial score (nSPS) is 26.1. The molecule has 0 radical (unpaired) electrons. The van der Waals surface area contributed by atoms with E-state index in [4.69, 9.17) is 15.2 Å². The average molecular weight is 272 g/mol. The van der Waals surface area contributed by atoms with Crippen molar-refractivity contribution in [3.05, 3.63) is 0 Å². The highest BCUT2D eigenvalue weighted by molar-refractivity contribution is 5.78. The smallest absolute Gasteiger partial charge is 0.222 e. The summed E-state index contributed by atoms with van der Waals surface area (Å²) in [5.74, 6) is 0.114. The van der Waals surface area contributed by atoms with Gasteiger partial charge in [0.1, 0.15) is 5.60 Å². The van der Waals surface area contributed by atoms with Crippen molar-refractivity contribution >= 4 is 5.91 Å². The van der Waals surface area contributed by atoms with E-state index in [0.717, 1.165) is 25.7 Å². The summed E-state index contributed by atoms with van der Waals surface area (Å²) in [5.41, 5.74) is 5.37. The molecule has 1 amide bonds. The minimum Gasteiger partial charge on any atom is -0.378 e. The van der Waals surface area contributed by atoms with Crippen molar-refractivity contribution in [1.82, 2.24) is 5.32 Å². The van der Waals surface area contributed by atoms with Crippen LogP contribution in [0.1, 0.15) is 39.5 Å². The lowest BCUT2D eigenvalue weighted by molar-refractivity contribution is -0.126. The summed E-state index contributed by atoms with van der Waals surface area (Å²) in [5, 5.41) is 2.98. The minimum atomic E-state index is -0.332. The number of ether oxygens (including phenoxy) is 2. The molecule has 1 saturated heterocycles. The van der Waals surface area contributed by atoms with Gasteiger partial charge in [-0.15, -0.1) is 0 Å². The molecule has 0 aromatic heterocycles. The van der Waals surface area contributed by atoms with Gasteiger partial charge in [0.05, 0.1) is 6.61 Å². The molecule has 5 heteroatoms. The van der Waals surface area contributed by atoms with Gasteiger partial charge in [-0.05, 0) is 19.8 Å². The molecular formula is C14H28N2O3. The van der Waals surface area contributed by atoms with Crippen LogP contribution in [-0.4, -0.2) is 44.4 Å². The quantitative estimate of drug-likeness (QED) is 0.693. The lowest BCUT2D eigenvalue weighted by atomic mass is 9.99. The molecular weight excluding hydrogens is 244 g/mol. The molecule has 5 nitrogen and oxygen atoms in total. The van der Waals surface area contributed by atoms with Gasteiger partial charge in [-0.25, -0.2) is 0 Å². The van der Waals surface area contributed by atoms with Crippen molar-refractivity contribution in [3.63, 3.8) is 0 Å². The van der Waals surface area contributed by atoms with Crippen molar-refractivity contribution in [2.24, 2.45) is 11.7 Å². The summed E-state index contributed by atoms with van der Waals surface area (Å²) in [6.07, 6.45) is 3.67. The highest BCUT2D eigenvalue weighted by atomic mass is 16.5. The fraction of sp³-hybridized carbons (Fsp3) is 0.929. The Labute approximate surface area is 116 Å². The fourth-order valence-corrected chi connectivity index (χ4v) is 2.26. The second-order valence-corrected chi connectivity index (χ2v) is 5.72. The Morgan fingerprint density at radius 1 is 1.47 bits per heavy atom. The molecule has 1 aliphatic rings. The van der Waals surface area contributed by atoms with Crippen LogP contribution in [0.4, 0.5) is 0 Å². The fourth-order valence-electron chi connectivity index (χ4n) is 2.26. The second kappa shape index (κ2) is 7.82. The molecule has 3 unspecified atom stereocenters. The highest BCUT2D eigenvalue weighted by Crippen LogP contribution is 2.21. The van der Waals surface area contributed by atoms with Crippen LogP contribution in [0.5, 0.6) is 0 Å². The topological polar surface area (TPSA) is 73.6 Å². The largest absolute Gasteiger partial charge is 0.378 e. The lowest BCUT2D eigenvalue weighted by Gasteiger charge is -2.26. The Balaban J connectivity index is 2.25. The van der Waals surface area contributed by atoms with Gasteiger partial charge in [0.15, 0.2) is 0 Å². The Morgan fingerprint density at radius 2 is 2.21 bits per heavy atom. The maximum absolute atomic E-state index is 12.0. The predicted molar refractivity (Wildman–Crippen MR) is 74.9 cm³/mol. The highest BCUT2D eigenvalue weighted by Gasteiger charge is 2.35. The first-order chi connectivity index (χ1) is 8.99. The molecule has 3 N–H and O–H groups in total. The van der Waals surface area contributed by atoms with Gasteiger partial charge in [0.2, 0.25) is 5.91 Å². The number of nitrogens with two attached hydrogens (primary N) is 1. The summed E-state index contributed by atoms with van der Waals surface area (Å²) in [7, 11) is 1.67. The molecule has 1 heterocycles. The standard InChI is InChI=1S/C14H28N2O3/c1-11(5-4-6-12(2)15)13(17)16-9-14(18-3)7-8-19-10-14/h11-12H,4-10,15H2,1-3H3,(H,16,17). The van der Waals surface area contributed by atoms with Crippen LogP contribution in [0.2, 0.25) is 0 Å². The van der Waals surface area contributed by atoms with Gasteiger partial charge in [0.25, 0.3) is 0 Å². The van der Waals surface area contributed by atoms with Gasteiger partial charge < -0.3 is 20.5 Å². The van der Waals surface area contributed by atoms with E-state index in [-0.39, 0.29) is 23.5 Å². The van der Waals surface area contributed by atoms with Crippen LogP contribution in [-0.2, 0) is 14.3 Å². The number of methoxy groups -OCH3 is 1. The predicted octanol–water partition coefficient (Wildman–Crippen LogP) is 1.06. The summed E-state index contributed by atoms with van der Waals surface area (Å²) in [4.78, 5) is 12.0. The first-order valence-electron chi connectivity index (χ1n) is 7.15. The maximum atomic E-state index is 12.0. The zero-order chi connectivity index (χ0) is 14.3. The molecule has 0 bridgehead atoms. The van der Waals surface area contributed by atoms with E-state index in [0.29, 0.717) is 19.8 Å². The third-order valence-corrected chi connectivity index (χ3v) is 3.83. The van der Waals surface area contributed by atoms with Crippen LogP contribution in [0, 0.1) is 5.92 Å². The minimum absolute atomic E-state index is 0.0231. The molecule has 112 valence electrons. The van der Waals surface area contributed by atoms with Gasteiger partial charge in [0, 0.05) is 38.6 Å². The van der Waals surface area contributed by atoms with E-state index < -0.39 is 0 Å². The maximum Gasteiger partial charge on any atom is 0.222 e. The zero-order valence-corrected chi connectivity index (χ0v) is 12.4. The van der Waals surface area contributed by atoms with Crippen molar-refractivity contribution in [2.45, 2.75) is 51.2 Å². The molecule has 0 spiro atoms. The number of hydrogen-bond acceptors (Lipinski definition) is 4. The Kier molecular flexibility index (Phi) is 6.75. The summed E-state index contributed by atoms with van der Waals surface area (Å²) in [6, 6.07) is 0.211. The molecule has 0 aromatic carbocycles. The second-order valence-electron chi connectivity index (χ2n) is 5.72. The first kappa shape index (κ1) is 16.4. The van der Waals surface area contributed by atoms with E-state index in [2.05, 4.69) is 5.32 Å². The van der Waals surface area contributed by atoms with Crippen LogP contribution in [0.15, 0.2) is 0 Å². The summed E-state index contributed by atoms with van der Waals surface area (Å²) in [6.45, 7) is 5.74. The Hall–Kier alpha value is -0.650. The Morgan fingerprint density at radius 3 is 2.74 bits per heavy atom. The first-order valence-corrected chi connectivity index (χ1v) is 7.15. The number of nitrogens with one attached hydrogen (secondary N) is 1. The Bertz CT molecular complexity index is 276. The molecule has 1 fully saturated rings. The van der Waals surface area contributed by atoms with Crippen molar-refractivity contribution in [2.75, 3.05) is 26.9 Å². The molecule has 0 saturated carbocycles. The van der Waals surface area contributed by atoms with E-state index in [1.165, 1.54) is 0 Å². The van der Waals surface area contributed by atoms with Crippen molar-refractivity contribution < 1.29 is 14.3 Å². The van der Waals surface area contributed by atoms with Gasteiger partial charge in [-0.3, -0.25) is 4.79 Å². The molecule has 1 rings (SSSR count). The van der Waals surface area contributed by atoms with Crippen LogP contribution in [0.25, 0.3) is 0 Å². The SMILES string of the molecule is COC1(CNC(=O)C(C)CCCC(C)N)CCOC1. The third kappa shape index (κ3) is 5.47. The molecule has 19 heavy (non-hydrogen) atoms. The molecule has 0 aromatic rings. The van der Waals surface area contributed by atoms with Crippen LogP contribution >= 0.6 is 0 Å². The number of carbonyl (C=O) groups is 1. The van der Waals surface area contributed by atoms with Gasteiger partial charge in [-0.2, -0.15) is 0 Å². The lowest BCUT2D eigenvalue weighted by Crippen LogP contribution is -2.46. The van der Waals surface area contributed by atoms with Gasteiger partial charge in [-0.1, -0.05) is 13.3 Å². The van der Waals surface area contributed by atoms with Crippen LogP contribution < -0.4 is 11.1 Å². The number of amides is 1. The van der Waals surface area contributed by atoms with Crippen LogP contribution in [0.3, 0.4) is 0 Å². The zero-order valence-electron chi connectivity index (χ0n) is 12.4. The average Bonchev–Trinajstić information content (AvgIpc) is 2.84. The summed E-state index contributed by atoms with van der Waals surface area (Å²) < 4.78 is 10.8. The number of carbonyl (C=O) groups excluding carboxylic acids is 1. The summed E-state index contributed by atoms with van der Waals surface area (Å²) >= 11 is 0. The molecule has 0 aliphatic carbocycles. The van der Waals surface area contributed by atoms with E-state index in [1.807, 2.05) is 13.8 Å². The van der Waals surface area contributed by atoms with Crippen molar-refractivity contribution in [3.8, 4) is 0 Å². The van der Waals surface area contributed by atoms with E-state index in [9.17, 15) is 4.79 Å². The number of hydrogen-bond donors (Lipinski definition) is 2. The van der Waals surface area contributed by atoms with Crippen molar-refractivity contribution in [1.29, 1.82) is 0 Å². The monoisotopic (exact) mass is 272 g/mol. The third-order valence-electron chi connectivity index (χ3n) is 3.83. The molecule has 1 aliphatic heterocycles. The van der Waals surface area contributed by atoms with E-state index >= 15 is 0 Å². The number of rotatable bonds is 8. The van der Waals surface area contributed by atoms with E-state index in [1.54, 1.807) is 7.11 Å². The van der Waals surface area contributed by atoms with Gasteiger partial charge >= 0.3 is 0 Å². The molecule has 3 atom stereocenters.